The van der Waals surface area contributed by atoms with Crippen LogP contribution in [0.15, 0.2) is 54.6 Å². The first-order valence-corrected chi connectivity index (χ1v) is 14.5. The van der Waals surface area contributed by atoms with E-state index in [-0.39, 0.29) is 49.8 Å². The fourth-order valence-electron chi connectivity index (χ4n) is 10.3. The van der Waals surface area contributed by atoms with Crippen molar-refractivity contribution in [3.8, 4) is 0 Å². The van der Waals surface area contributed by atoms with Crippen molar-refractivity contribution in [3.63, 3.8) is 0 Å². The summed E-state index contributed by atoms with van der Waals surface area (Å²) in [6.07, 6.45) is 18.5. The van der Waals surface area contributed by atoms with Crippen LogP contribution in [0.3, 0.4) is 0 Å². The van der Waals surface area contributed by atoms with E-state index in [1.165, 1.54) is 44.1 Å². The molecule has 0 saturated heterocycles. The monoisotopic (exact) mass is 598 g/mol. The van der Waals surface area contributed by atoms with Crippen LogP contribution in [0.2, 0.25) is 0 Å². The summed E-state index contributed by atoms with van der Waals surface area (Å²) in [5.74, 6) is 6.59. The molecule has 0 amide bonds. The molecule has 2 heteroatoms. The molecule has 1 radical (unpaired) electrons. The third-order valence-corrected chi connectivity index (χ3v) is 10.7. The van der Waals surface area contributed by atoms with Crippen molar-refractivity contribution in [2.24, 2.45) is 40.9 Å². The second kappa shape index (κ2) is 12.1. The van der Waals surface area contributed by atoms with Crippen LogP contribution in [-0.4, -0.2) is 0 Å². The normalized spacial score (nSPS) is 40.1. The number of benzene rings is 2. The minimum Gasteiger partial charge on any atom is -0.184 e. The molecule has 193 valence electrons. The minimum absolute atomic E-state index is 0. The number of hydrogen-bond donors (Lipinski definition) is 0. The summed E-state index contributed by atoms with van der Waals surface area (Å²) >= 11 is 0. The smallest absolute Gasteiger partial charge is 0 e. The SMILES string of the molecule is CC12CC3CC(CC(C3)C1)C2.Cc1ccccc1.[Fe].[Y].[c-]1ccc(C23CC4CC(CC(C4)C2)C3)cc1. The topological polar surface area (TPSA) is 0 Å². The van der Waals surface area contributed by atoms with Crippen molar-refractivity contribution in [2.45, 2.75) is 96.3 Å². The maximum absolute atomic E-state index is 3.16. The van der Waals surface area contributed by atoms with Crippen LogP contribution in [0, 0.1) is 53.9 Å². The molecule has 2 aromatic rings. The molecule has 0 N–H and O–H groups in total. The van der Waals surface area contributed by atoms with E-state index in [0.29, 0.717) is 5.41 Å². The van der Waals surface area contributed by atoms with Crippen LogP contribution < -0.4 is 0 Å². The summed E-state index contributed by atoms with van der Waals surface area (Å²) in [4.78, 5) is 0. The Morgan fingerprint density at radius 1 is 0.611 bits per heavy atom. The summed E-state index contributed by atoms with van der Waals surface area (Å²) < 4.78 is 0. The second-order valence-corrected chi connectivity index (χ2v) is 13.9. The van der Waals surface area contributed by atoms with Gasteiger partial charge in [0.05, 0.1) is 0 Å². The molecule has 0 heterocycles. The molecule has 0 aromatic heterocycles. The van der Waals surface area contributed by atoms with Gasteiger partial charge in [0.25, 0.3) is 0 Å². The van der Waals surface area contributed by atoms with E-state index >= 15 is 0 Å². The van der Waals surface area contributed by atoms with Gasteiger partial charge in [-0.2, -0.15) is 35.9 Å². The molecule has 0 nitrogen and oxygen atoms in total. The third kappa shape index (κ3) is 6.44. The molecule has 8 aliphatic rings. The molecule has 8 bridgehead atoms. The maximum Gasteiger partial charge on any atom is 0 e. The molecular weight excluding hydrogens is 553 g/mol. The molecule has 0 spiro atoms. The van der Waals surface area contributed by atoms with Crippen molar-refractivity contribution in [2.75, 3.05) is 0 Å². The zero-order valence-corrected chi connectivity index (χ0v) is 26.5. The van der Waals surface area contributed by atoms with Gasteiger partial charge in [-0.3, -0.25) is 0 Å². The van der Waals surface area contributed by atoms with Gasteiger partial charge in [-0.05, 0) is 130 Å². The Morgan fingerprint density at radius 2 is 1.00 bits per heavy atom. The Labute approximate surface area is 256 Å². The van der Waals surface area contributed by atoms with Crippen LogP contribution in [0.1, 0.15) is 95.1 Å². The predicted octanol–water partition coefficient (Wildman–Crippen LogP) is 9.17. The molecule has 8 fully saturated rings. The van der Waals surface area contributed by atoms with Gasteiger partial charge in [0, 0.05) is 49.8 Å². The molecule has 0 unspecified atom stereocenters. The zero-order valence-electron chi connectivity index (χ0n) is 22.6. The quantitative estimate of drug-likeness (QED) is 0.227. The van der Waals surface area contributed by atoms with Gasteiger partial charge < -0.3 is 0 Å². The number of rotatable bonds is 1. The van der Waals surface area contributed by atoms with Crippen molar-refractivity contribution < 1.29 is 49.8 Å². The Morgan fingerprint density at radius 3 is 1.33 bits per heavy atom. The van der Waals surface area contributed by atoms with E-state index in [4.69, 9.17) is 0 Å². The second-order valence-electron chi connectivity index (χ2n) is 13.9. The molecule has 36 heavy (non-hydrogen) atoms. The van der Waals surface area contributed by atoms with Gasteiger partial charge in [-0.1, -0.05) is 42.8 Å². The molecule has 8 aliphatic carbocycles. The Kier molecular flexibility index (Phi) is 9.74. The van der Waals surface area contributed by atoms with Gasteiger partial charge >= 0.3 is 0 Å². The molecule has 0 atom stereocenters. The standard InChI is InChI=1S/C16H19.C11H18.C7H8.Fe.Y/c1-2-4-15(5-3-1)16-9-12-6-13(10-16)8-14(7-12)11-16;1-11-5-8-2-9(6-11)4-10(3-8)7-11;1-7-5-3-2-4-6-7;;/h2-5,12-14H,6-11H2;8-10H,2-7H2,1H3;2-6H,1H3;;/q-1;;;;. The first-order chi connectivity index (χ1) is 16.5. The molecule has 10 rings (SSSR count). The summed E-state index contributed by atoms with van der Waals surface area (Å²) in [6.45, 7) is 4.62. The Hall–Kier alpha value is 0.0634. The van der Waals surface area contributed by atoms with Gasteiger partial charge in [0.15, 0.2) is 0 Å². The average molecular weight is 598 g/mol. The first kappa shape index (κ1) is 29.1. The minimum atomic E-state index is 0. The molecular formula is C34H45FeY-. The molecule has 2 aromatic carbocycles. The third-order valence-electron chi connectivity index (χ3n) is 10.7. The fraction of sp³-hybridized carbons (Fsp3) is 0.647. The van der Waals surface area contributed by atoms with Gasteiger partial charge in [0.2, 0.25) is 0 Å². The van der Waals surface area contributed by atoms with Crippen molar-refractivity contribution >= 4 is 0 Å². The van der Waals surface area contributed by atoms with Crippen LogP contribution in [-0.2, 0) is 55.2 Å². The number of aryl methyl sites for hydroxylation is 1. The van der Waals surface area contributed by atoms with Gasteiger partial charge in [-0.15, -0.1) is 0 Å². The summed E-state index contributed by atoms with van der Waals surface area (Å²) in [5, 5.41) is 0. The zero-order chi connectivity index (χ0) is 23.2. The predicted molar refractivity (Wildman–Crippen MR) is 143 cm³/mol. The summed E-state index contributed by atoms with van der Waals surface area (Å²) in [6, 6.07) is 22.3. The van der Waals surface area contributed by atoms with E-state index in [1.807, 2.05) is 18.2 Å². The van der Waals surface area contributed by atoms with E-state index < -0.39 is 0 Å². The summed E-state index contributed by atoms with van der Waals surface area (Å²) in [7, 11) is 0. The van der Waals surface area contributed by atoms with Gasteiger partial charge in [-0.25, -0.2) is 0 Å². The van der Waals surface area contributed by atoms with Crippen LogP contribution >= 0.6 is 0 Å². The van der Waals surface area contributed by atoms with Crippen LogP contribution in [0.4, 0.5) is 0 Å². The molecule has 0 aliphatic heterocycles. The average Bonchev–Trinajstić information content (AvgIpc) is 2.79. The summed E-state index contributed by atoms with van der Waals surface area (Å²) in [5.41, 5.74) is 4.31. The van der Waals surface area contributed by atoms with Crippen LogP contribution in [0.5, 0.6) is 0 Å². The van der Waals surface area contributed by atoms with E-state index in [1.54, 1.807) is 44.1 Å². The Bertz CT molecular complexity index is 881. The van der Waals surface area contributed by atoms with Gasteiger partial charge in [0.1, 0.15) is 0 Å². The maximum atomic E-state index is 3.16. The fourth-order valence-corrected chi connectivity index (χ4v) is 10.3. The van der Waals surface area contributed by atoms with Crippen LogP contribution in [0.25, 0.3) is 0 Å². The largest absolute Gasteiger partial charge is 0.184 e. The van der Waals surface area contributed by atoms with E-state index in [9.17, 15) is 0 Å². The van der Waals surface area contributed by atoms with Crippen molar-refractivity contribution in [1.29, 1.82) is 0 Å². The Balaban J connectivity index is 0.000000133. The number of hydrogen-bond acceptors (Lipinski definition) is 0. The van der Waals surface area contributed by atoms with Crippen molar-refractivity contribution in [1.82, 2.24) is 0 Å². The first-order valence-electron chi connectivity index (χ1n) is 14.5. The van der Waals surface area contributed by atoms with Crippen molar-refractivity contribution in [3.05, 3.63) is 71.8 Å². The van der Waals surface area contributed by atoms with E-state index in [0.717, 1.165) is 40.9 Å². The van der Waals surface area contributed by atoms with E-state index in [2.05, 4.69) is 56.3 Å². The molecule has 8 saturated carbocycles.